The van der Waals surface area contributed by atoms with Crippen molar-refractivity contribution in [2.45, 2.75) is 0 Å². The lowest BCUT2D eigenvalue weighted by Crippen LogP contribution is -2.22. The molecule has 0 aliphatic heterocycles. The molecule has 0 radical (unpaired) electrons. The van der Waals surface area contributed by atoms with Gasteiger partial charge in [-0.15, -0.1) is 0 Å². The molecule has 0 unspecified atom stereocenters. The number of hydrogen-bond acceptors (Lipinski definition) is 5. The largest absolute Gasteiger partial charge is 0.369 e. The van der Waals surface area contributed by atoms with Crippen LogP contribution in [0.5, 0.6) is 0 Å². The highest BCUT2D eigenvalue weighted by Gasteiger charge is 2.04. The fourth-order valence-corrected chi connectivity index (χ4v) is 1.29. The van der Waals surface area contributed by atoms with Crippen LogP contribution in [0, 0.1) is 10.1 Å². The number of guanidine groups is 1. The summed E-state index contributed by atoms with van der Waals surface area (Å²) in [5, 5.41) is 13.3. The van der Waals surface area contributed by atoms with Gasteiger partial charge in [0.1, 0.15) is 6.20 Å². The highest BCUT2D eigenvalue weighted by Crippen LogP contribution is 2.14. The maximum atomic E-state index is 10.5. The standard InChI is InChI=1S/C11H10N6O2/c12-11(15-8-2-1-5-13-6-8)16-10-4-3-9(7-14-10)17(18)19/h1-7H,(H3,12,14,15,16). The number of nitrogens with zero attached hydrogens (tertiary/aromatic N) is 4. The molecule has 96 valence electrons. The minimum atomic E-state index is -0.530. The molecule has 0 aliphatic rings. The second-order valence-electron chi connectivity index (χ2n) is 3.50. The third-order valence-corrected chi connectivity index (χ3v) is 2.11. The molecule has 0 amide bonds. The molecular weight excluding hydrogens is 248 g/mol. The zero-order valence-corrected chi connectivity index (χ0v) is 9.72. The van der Waals surface area contributed by atoms with E-state index in [2.05, 4.69) is 20.3 Å². The Morgan fingerprint density at radius 1 is 1.37 bits per heavy atom. The fraction of sp³-hybridized carbons (Fsp3) is 0. The summed E-state index contributed by atoms with van der Waals surface area (Å²) in [6.07, 6.45) is 4.35. The van der Waals surface area contributed by atoms with Gasteiger partial charge < -0.3 is 11.1 Å². The molecule has 0 atom stereocenters. The first-order valence-electron chi connectivity index (χ1n) is 5.27. The molecule has 0 saturated carbocycles. The number of rotatable bonds is 3. The smallest absolute Gasteiger partial charge is 0.287 e. The van der Waals surface area contributed by atoms with Crippen LogP contribution < -0.4 is 11.1 Å². The van der Waals surface area contributed by atoms with E-state index in [1.54, 1.807) is 24.5 Å². The summed E-state index contributed by atoms with van der Waals surface area (Å²) in [6.45, 7) is 0. The molecule has 8 nitrogen and oxygen atoms in total. The average Bonchev–Trinajstić information content (AvgIpc) is 2.40. The lowest BCUT2D eigenvalue weighted by molar-refractivity contribution is -0.385. The van der Waals surface area contributed by atoms with Gasteiger partial charge in [-0.05, 0) is 18.2 Å². The van der Waals surface area contributed by atoms with Crippen molar-refractivity contribution in [2.24, 2.45) is 10.7 Å². The van der Waals surface area contributed by atoms with E-state index in [4.69, 9.17) is 5.73 Å². The first kappa shape index (κ1) is 12.4. The summed E-state index contributed by atoms with van der Waals surface area (Å²) in [4.78, 5) is 21.6. The van der Waals surface area contributed by atoms with Crippen molar-refractivity contribution in [3.05, 3.63) is 53.0 Å². The lowest BCUT2D eigenvalue weighted by atomic mass is 10.4. The van der Waals surface area contributed by atoms with Crippen LogP contribution in [0.15, 0.2) is 47.8 Å². The van der Waals surface area contributed by atoms with Crippen LogP contribution in [-0.4, -0.2) is 20.9 Å². The van der Waals surface area contributed by atoms with E-state index in [0.29, 0.717) is 5.69 Å². The van der Waals surface area contributed by atoms with Crippen LogP contribution in [0.4, 0.5) is 17.2 Å². The van der Waals surface area contributed by atoms with E-state index in [-0.39, 0.29) is 17.5 Å². The summed E-state index contributed by atoms with van der Waals surface area (Å²) in [6, 6.07) is 6.25. The van der Waals surface area contributed by atoms with Crippen LogP contribution in [0.25, 0.3) is 0 Å². The van der Waals surface area contributed by atoms with Crippen molar-refractivity contribution >= 4 is 23.2 Å². The average molecular weight is 258 g/mol. The number of aliphatic imine (C=N–C) groups is 1. The SMILES string of the molecule is NC(=Nc1ccc([N+](=O)[O-])cn1)Nc1cccnc1. The normalized spacial score (nSPS) is 11.1. The van der Waals surface area contributed by atoms with E-state index in [9.17, 15) is 10.1 Å². The summed E-state index contributed by atoms with van der Waals surface area (Å²) in [7, 11) is 0. The number of nitrogens with one attached hydrogen (secondary N) is 1. The van der Waals surface area contributed by atoms with Gasteiger partial charge in [0, 0.05) is 12.3 Å². The topological polar surface area (TPSA) is 119 Å². The first-order chi connectivity index (χ1) is 9.15. The van der Waals surface area contributed by atoms with E-state index in [0.717, 1.165) is 6.20 Å². The third kappa shape index (κ3) is 3.46. The van der Waals surface area contributed by atoms with Crippen molar-refractivity contribution in [1.82, 2.24) is 9.97 Å². The highest BCUT2D eigenvalue weighted by molar-refractivity contribution is 5.93. The van der Waals surface area contributed by atoms with Gasteiger partial charge in [0.2, 0.25) is 0 Å². The molecule has 19 heavy (non-hydrogen) atoms. The second kappa shape index (κ2) is 5.54. The molecule has 0 bridgehead atoms. The summed E-state index contributed by atoms with van der Waals surface area (Å²) in [5.74, 6) is 0.397. The van der Waals surface area contributed by atoms with Crippen LogP contribution in [0.2, 0.25) is 0 Å². The number of nitrogens with two attached hydrogens (primary N) is 1. The van der Waals surface area contributed by atoms with Crippen molar-refractivity contribution in [2.75, 3.05) is 5.32 Å². The van der Waals surface area contributed by atoms with E-state index in [1.165, 1.54) is 12.1 Å². The fourth-order valence-electron chi connectivity index (χ4n) is 1.29. The number of nitro groups is 1. The van der Waals surface area contributed by atoms with E-state index < -0.39 is 4.92 Å². The first-order valence-corrected chi connectivity index (χ1v) is 5.27. The number of anilines is 1. The van der Waals surface area contributed by atoms with Crippen molar-refractivity contribution in [1.29, 1.82) is 0 Å². The van der Waals surface area contributed by atoms with Gasteiger partial charge in [-0.2, -0.15) is 4.99 Å². The Kier molecular flexibility index (Phi) is 3.62. The number of pyridine rings is 2. The lowest BCUT2D eigenvalue weighted by Gasteiger charge is -2.03. The molecule has 0 aliphatic carbocycles. The van der Waals surface area contributed by atoms with Crippen molar-refractivity contribution in [3.8, 4) is 0 Å². The van der Waals surface area contributed by atoms with Crippen LogP contribution in [-0.2, 0) is 0 Å². The quantitative estimate of drug-likeness (QED) is 0.372. The van der Waals surface area contributed by atoms with Gasteiger partial charge in [0.25, 0.3) is 5.69 Å². The maximum Gasteiger partial charge on any atom is 0.287 e. The molecule has 2 rings (SSSR count). The van der Waals surface area contributed by atoms with Crippen LogP contribution in [0.3, 0.4) is 0 Å². The Balaban J connectivity index is 2.10. The van der Waals surface area contributed by atoms with Crippen LogP contribution >= 0.6 is 0 Å². The minimum Gasteiger partial charge on any atom is -0.369 e. The molecule has 8 heteroatoms. The monoisotopic (exact) mass is 258 g/mol. The summed E-state index contributed by atoms with van der Waals surface area (Å²) < 4.78 is 0. The van der Waals surface area contributed by atoms with Crippen molar-refractivity contribution in [3.63, 3.8) is 0 Å². The molecule has 2 aromatic heterocycles. The molecule has 2 heterocycles. The predicted molar refractivity (Wildman–Crippen MR) is 70.0 cm³/mol. The number of hydrogen-bond donors (Lipinski definition) is 2. The minimum absolute atomic E-state index is 0.0993. The van der Waals surface area contributed by atoms with Crippen molar-refractivity contribution < 1.29 is 4.92 Å². The molecule has 0 fully saturated rings. The van der Waals surface area contributed by atoms with Gasteiger partial charge in [-0.3, -0.25) is 15.1 Å². The zero-order valence-electron chi connectivity index (χ0n) is 9.72. The zero-order chi connectivity index (χ0) is 13.7. The highest BCUT2D eigenvalue weighted by atomic mass is 16.6. The van der Waals surface area contributed by atoms with E-state index in [1.807, 2.05) is 0 Å². The van der Waals surface area contributed by atoms with Gasteiger partial charge in [0.05, 0.1) is 16.8 Å². The molecule has 0 spiro atoms. The van der Waals surface area contributed by atoms with Gasteiger partial charge in [-0.1, -0.05) is 0 Å². The van der Waals surface area contributed by atoms with Crippen LogP contribution in [0.1, 0.15) is 0 Å². The maximum absolute atomic E-state index is 10.5. The Hall–Kier alpha value is -3.03. The Labute approximate surface area is 108 Å². The Bertz CT molecular complexity index is 596. The molecular formula is C11H10N6O2. The summed E-state index contributed by atoms with van der Waals surface area (Å²) in [5.41, 5.74) is 6.26. The van der Waals surface area contributed by atoms with Gasteiger partial charge >= 0.3 is 0 Å². The van der Waals surface area contributed by atoms with Gasteiger partial charge in [0.15, 0.2) is 11.8 Å². The molecule has 3 N–H and O–H groups in total. The molecule has 2 aromatic rings. The van der Waals surface area contributed by atoms with E-state index >= 15 is 0 Å². The molecule has 0 saturated heterocycles. The Morgan fingerprint density at radius 3 is 2.79 bits per heavy atom. The van der Waals surface area contributed by atoms with Gasteiger partial charge in [-0.25, -0.2) is 4.98 Å². The Morgan fingerprint density at radius 2 is 2.21 bits per heavy atom. The second-order valence-corrected chi connectivity index (χ2v) is 3.50. The summed E-state index contributed by atoms with van der Waals surface area (Å²) >= 11 is 0. The third-order valence-electron chi connectivity index (χ3n) is 2.11. The molecule has 0 aromatic carbocycles. The predicted octanol–water partition coefficient (Wildman–Crippen LogP) is 1.44. The number of aromatic nitrogens is 2.